The van der Waals surface area contributed by atoms with E-state index in [1.807, 2.05) is 0 Å². The third-order valence-corrected chi connectivity index (χ3v) is 5.01. The summed E-state index contributed by atoms with van der Waals surface area (Å²) in [6, 6.07) is 0.544. The van der Waals surface area contributed by atoms with Crippen LogP contribution in [0.1, 0.15) is 65.7 Å². The van der Waals surface area contributed by atoms with Crippen molar-refractivity contribution in [1.29, 1.82) is 0 Å². The van der Waals surface area contributed by atoms with Gasteiger partial charge in [0.2, 0.25) is 0 Å². The Morgan fingerprint density at radius 2 is 1.89 bits per heavy atom. The van der Waals surface area contributed by atoms with Crippen LogP contribution in [0.5, 0.6) is 0 Å². The normalized spacial score (nSPS) is 23.4. The van der Waals surface area contributed by atoms with Gasteiger partial charge in [-0.1, -0.05) is 32.6 Å². The summed E-state index contributed by atoms with van der Waals surface area (Å²) in [7, 11) is 0. The number of rotatable bonds is 4. The van der Waals surface area contributed by atoms with E-state index in [0.717, 1.165) is 11.7 Å². The van der Waals surface area contributed by atoms with Crippen LogP contribution in [0.4, 0.5) is 0 Å². The van der Waals surface area contributed by atoms with E-state index in [1.165, 1.54) is 51.5 Å². The molecule has 0 radical (unpaired) electrons. The molecule has 1 spiro atoms. The van der Waals surface area contributed by atoms with Crippen LogP contribution >= 0.6 is 12.2 Å². The molecule has 0 N–H and O–H groups in total. The first-order valence-corrected chi connectivity index (χ1v) is 8.10. The molecule has 0 unspecified atom stereocenters. The van der Waals surface area contributed by atoms with Gasteiger partial charge in [-0.05, 0) is 45.3 Å². The van der Waals surface area contributed by atoms with E-state index < -0.39 is 0 Å². The van der Waals surface area contributed by atoms with E-state index in [-0.39, 0.29) is 0 Å². The SMILES string of the molecule is CCCCN1CC2(CCCCC2)N(C(C)C)C1=S. The Kier molecular flexibility index (Phi) is 4.52. The molecule has 18 heavy (non-hydrogen) atoms. The Morgan fingerprint density at radius 3 is 2.44 bits per heavy atom. The molecule has 0 aromatic carbocycles. The number of nitrogens with zero attached hydrogens (tertiary/aromatic N) is 2. The second kappa shape index (κ2) is 5.77. The molecular formula is C15H28N2S. The Balaban J connectivity index is 2.15. The predicted molar refractivity (Wildman–Crippen MR) is 81.9 cm³/mol. The fourth-order valence-electron chi connectivity index (χ4n) is 3.76. The third-order valence-electron chi connectivity index (χ3n) is 4.56. The summed E-state index contributed by atoms with van der Waals surface area (Å²) in [5.74, 6) is 0. The van der Waals surface area contributed by atoms with Crippen LogP contribution in [0.25, 0.3) is 0 Å². The second-order valence-corrected chi connectivity index (χ2v) is 6.67. The standard InChI is InChI=1S/C15H28N2S/c1-4-5-11-16-12-15(9-7-6-8-10-15)17(13(2)3)14(16)18/h13H,4-12H2,1-3H3. The van der Waals surface area contributed by atoms with E-state index in [0.29, 0.717) is 11.6 Å². The predicted octanol–water partition coefficient (Wildman–Crippen LogP) is 3.80. The molecule has 0 aromatic heterocycles. The average Bonchev–Trinajstić information content (AvgIpc) is 2.60. The topological polar surface area (TPSA) is 6.48 Å². The summed E-state index contributed by atoms with van der Waals surface area (Å²) in [4.78, 5) is 5.04. The van der Waals surface area contributed by atoms with Crippen LogP contribution in [-0.4, -0.2) is 39.6 Å². The highest BCUT2D eigenvalue weighted by Crippen LogP contribution is 2.40. The Hall–Kier alpha value is -0.310. The lowest BCUT2D eigenvalue weighted by Crippen LogP contribution is -2.51. The highest BCUT2D eigenvalue weighted by Gasteiger charge is 2.48. The minimum atomic E-state index is 0.372. The fourth-order valence-corrected chi connectivity index (χ4v) is 4.32. The molecule has 1 aliphatic carbocycles. The molecule has 2 rings (SSSR count). The maximum Gasteiger partial charge on any atom is 0.172 e. The van der Waals surface area contributed by atoms with Gasteiger partial charge in [-0.25, -0.2) is 0 Å². The van der Waals surface area contributed by atoms with E-state index in [2.05, 4.69) is 30.6 Å². The van der Waals surface area contributed by atoms with Crippen LogP contribution in [-0.2, 0) is 0 Å². The molecule has 2 fully saturated rings. The van der Waals surface area contributed by atoms with E-state index in [9.17, 15) is 0 Å². The van der Waals surface area contributed by atoms with Gasteiger partial charge in [-0.3, -0.25) is 0 Å². The van der Waals surface area contributed by atoms with E-state index in [1.54, 1.807) is 0 Å². The van der Waals surface area contributed by atoms with Crippen molar-refractivity contribution < 1.29 is 0 Å². The summed E-state index contributed by atoms with van der Waals surface area (Å²) in [6.45, 7) is 9.19. The number of hydrogen-bond donors (Lipinski definition) is 0. The van der Waals surface area contributed by atoms with Gasteiger partial charge in [0.25, 0.3) is 0 Å². The molecule has 2 aliphatic rings. The molecular weight excluding hydrogens is 240 g/mol. The molecule has 1 saturated carbocycles. The van der Waals surface area contributed by atoms with Crippen molar-refractivity contribution in [3.8, 4) is 0 Å². The van der Waals surface area contributed by atoms with Crippen LogP contribution in [0.3, 0.4) is 0 Å². The summed E-state index contributed by atoms with van der Waals surface area (Å²) in [5, 5.41) is 1.13. The van der Waals surface area contributed by atoms with Crippen LogP contribution in [0, 0.1) is 0 Å². The van der Waals surface area contributed by atoms with Crippen molar-refractivity contribution in [2.45, 2.75) is 77.3 Å². The minimum Gasteiger partial charge on any atom is -0.347 e. The lowest BCUT2D eigenvalue weighted by Gasteiger charge is -2.43. The number of hydrogen-bond acceptors (Lipinski definition) is 1. The van der Waals surface area contributed by atoms with Crippen molar-refractivity contribution in [3.05, 3.63) is 0 Å². The quantitative estimate of drug-likeness (QED) is 0.716. The van der Waals surface area contributed by atoms with Gasteiger partial charge < -0.3 is 9.80 Å². The maximum atomic E-state index is 5.76. The van der Waals surface area contributed by atoms with Crippen molar-refractivity contribution in [2.75, 3.05) is 13.1 Å². The first-order chi connectivity index (χ1) is 8.60. The largest absolute Gasteiger partial charge is 0.347 e. The van der Waals surface area contributed by atoms with Gasteiger partial charge in [-0.15, -0.1) is 0 Å². The highest BCUT2D eigenvalue weighted by molar-refractivity contribution is 7.80. The van der Waals surface area contributed by atoms with Gasteiger partial charge in [0.05, 0.1) is 5.54 Å². The fraction of sp³-hybridized carbons (Fsp3) is 0.933. The molecule has 1 aliphatic heterocycles. The first-order valence-electron chi connectivity index (χ1n) is 7.69. The van der Waals surface area contributed by atoms with Crippen LogP contribution in [0.2, 0.25) is 0 Å². The zero-order valence-electron chi connectivity index (χ0n) is 12.2. The van der Waals surface area contributed by atoms with Gasteiger partial charge >= 0.3 is 0 Å². The highest BCUT2D eigenvalue weighted by atomic mass is 32.1. The summed E-state index contributed by atoms with van der Waals surface area (Å²) in [6.07, 6.45) is 9.38. The zero-order valence-corrected chi connectivity index (χ0v) is 13.1. The number of unbranched alkanes of at least 4 members (excludes halogenated alkanes) is 1. The van der Waals surface area contributed by atoms with Gasteiger partial charge in [0.15, 0.2) is 5.11 Å². The van der Waals surface area contributed by atoms with Crippen LogP contribution in [0.15, 0.2) is 0 Å². The first kappa shape index (κ1) is 14.1. The maximum absolute atomic E-state index is 5.76. The molecule has 104 valence electrons. The van der Waals surface area contributed by atoms with Gasteiger partial charge in [0.1, 0.15) is 0 Å². The smallest absolute Gasteiger partial charge is 0.172 e. The minimum absolute atomic E-state index is 0.372. The van der Waals surface area contributed by atoms with Gasteiger partial charge in [-0.2, -0.15) is 0 Å². The van der Waals surface area contributed by atoms with E-state index >= 15 is 0 Å². The molecule has 1 saturated heterocycles. The molecule has 1 heterocycles. The lowest BCUT2D eigenvalue weighted by atomic mass is 9.80. The van der Waals surface area contributed by atoms with E-state index in [4.69, 9.17) is 12.2 Å². The van der Waals surface area contributed by atoms with Crippen molar-refractivity contribution in [2.24, 2.45) is 0 Å². The lowest BCUT2D eigenvalue weighted by molar-refractivity contribution is 0.116. The molecule has 0 amide bonds. The number of thiocarbonyl (C=S) groups is 1. The molecule has 2 nitrogen and oxygen atoms in total. The summed E-state index contributed by atoms with van der Waals surface area (Å²) >= 11 is 5.76. The van der Waals surface area contributed by atoms with Crippen LogP contribution < -0.4 is 0 Å². The van der Waals surface area contributed by atoms with Crippen molar-refractivity contribution in [3.63, 3.8) is 0 Å². The second-order valence-electron chi connectivity index (χ2n) is 6.31. The van der Waals surface area contributed by atoms with Crippen molar-refractivity contribution >= 4 is 17.3 Å². The molecule has 3 heteroatoms. The monoisotopic (exact) mass is 268 g/mol. The Bertz CT molecular complexity index is 295. The Morgan fingerprint density at radius 1 is 1.22 bits per heavy atom. The summed E-state index contributed by atoms with van der Waals surface area (Å²) in [5.41, 5.74) is 0.372. The van der Waals surface area contributed by atoms with Gasteiger partial charge in [0, 0.05) is 19.1 Å². The zero-order chi connectivity index (χ0) is 13.2. The third kappa shape index (κ3) is 2.52. The van der Waals surface area contributed by atoms with Crippen molar-refractivity contribution in [1.82, 2.24) is 9.80 Å². The average molecular weight is 268 g/mol. The molecule has 0 atom stereocenters. The molecule has 0 bridgehead atoms. The molecule has 0 aromatic rings. The summed E-state index contributed by atoms with van der Waals surface area (Å²) < 4.78 is 0. The Labute approximate surface area is 118 Å².